The van der Waals surface area contributed by atoms with Crippen LogP contribution in [-0.4, -0.2) is 66.8 Å². The van der Waals surface area contributed by atoms with Gasteiger partial charge in [0.15, 0.2) is 5.76 Å². The van der Waals surface area contributed by atoms with Crippen molar-refractivity contribution in [2.24, 2.45) is 0 Å². The maximum absolute atomic E-state index is 13.4. The molecule has 0 spiro atoms. The number of furan rings is 1. The molecule has 170 valence electrons. The average Bonchev–Trinajstić information content (AvgIpc) is 3.39. The largest absolute Gasteiger partial charge is 0.459 e. The number of likely N-dealkylation sites (tertiary alicyclic amines) is 1. The Labute approximate surface area is 188 Å². The smallest absolute Gasteiger partial charge is 0.289 e. The average molecular weight is 439 g/mol. The Kier molecular flexibility index (Phi) is 6.78. The first-order chi connectivity index (χ1) is 15.6. The predicted molar refractivity (Wildman–Crippen MR) is 122 cm³/mol. The summed E-state index contributed by atoms with van der Waals surface area (Å²) in [4.78, 5) is 43.7. The number of benzene rings is 1. The van der Waals surface area contributed by atoms with E-state index in [1.165, 1.54) is 6.26 Å². The van der Waals surface area contributed by atoms with Gasteiger partial charge in [0, 0.05) is 57.1 Å². The Balaban J connectivity index is 1.53. The highest BCUT2D eigenvalue weighted by Crippen LogP contribution is 2.28. The Hall–Kier alpha value is -3.29. The molecule has 0 radical (unpaired) electrons. The van der Waals surface area contributed by atoms with E-state index in [0.717, 1.165) is 38.0 Å². The molecule has 0 aliphatic carbocycles. The predicted octanol–water partition coefficient (Wildman–Crippen LogP) is 3.22. The standard InChI is InChI=1S/C24H30N4O4/c1-2-22(29)25-18-8-9-20(19(17-18)23(30)27-10-4-3-5-11-27)26-12-14-28(15-13-26)24(31)21-7-6-16-32-21/h6-9,16-17H,2-5,10-15H2,1H3,(H,25,29). The van der Waals surface area contributed by atoms with Crippen molar-refractivity contribution in [2.45, 2.75) is 32.6 Å². The van der Waals surface area contributed by atoms with Gasteiger partial charge in [0.05, 0.1) is 11.8 Å². The maximum Gasteiger partial charge on any atom is 0.289 e. The summed E-state index contributed by atoms with van der Waals surface area (Å²) in [5.41, 5.74) is 2.08. The van der Waals surface area contributed by atoms with Crippen molar-refractivity contribution in [3.63, 3.8) is 0 Å². The van der Waals surface area contributed by atoms with Crippen LogP contribution in [0, 0.1) is 0 Å². The molecule has 8 heteroatoms. The Morgan fingerprint density at radius 2 is 1.62 bits per heavy atom. The lowest BCUT2D eigenvalue weighted by Gasteiger charge is -2.37. The maximum atomic E-state index is 13.4. The summed E-state index contributed by atoms with van der Waals surface area (Å²) in [6.45, 7) is 5.65. The van der Waals surface area contributed by atoms with Crippen molar-refractivity contribution < 1.29 is 18.8 Å². The fraction of sp³-hybridized carbons (Fsp3) is 0.458. The third kappa shape index (κ3) is 4.79. The van der Waals surface area contributed by atoms with E-state index in [1.807, 2.05) is 17.0 Å². The number of piperazine rings is 1. The molecule has 2 aliphatic heterocycles. The van der Waals surface area contributed by atoms with Crippen LogP contribution in [0.25, 0.3) is 0 Å². The number of hydrogen-bond acceptors (Lipinski definition) is 5. The quantitative estimate of drug-likeness (QED) is 0.775. The molecule has 2 saturated heterocycles. The van der Waals surface area contributed by atoms with Crippen molar-refractivity contribution in [3.05, 3.63) is 47.9 Å². The van der Waals surface area contributed by atoms with Gasteiger partial charge in [-0.1, -0.05) is 6.92 Å². The number of nitrogens with zero attached hydrogens (tertiary/aromatic N) is 3. The van der Waals surface area contributed by atoms with Gasteiger partial charge >= 0.3 is 0 Å². The molecule has 3 amide bonds. The molecule has 0 bridgehead atoms. The minimum Gasteiger partial charge on any atom is -0.459 e. The molecular formula is C24H30N4O4. The summed E-state index contributed by atoms with van der Waals surface area (Å²) in [6, 6.07) is 8.93. The summed E-state index contributed by atoms with van der Waals surface area (Å²) in [6.07, 6.45) is 5.06. The number of carbonyl (C=O) groups is 3. The van der Waals surface area contributed by atoms with Gasteiger partial charge < -0.3 is 24.4 Å². The second-order valence-electron chi connectivity index (χ2n) is 8.24. The minimum atomic E-state index is -0.114. The zero-order chi connectivity index (χ0) is 22.5. The van der Waals surface area contributed by atoms with Gasteiger partial charge in [0.1, 0.15) is 0 Å². The van der Waals surface area contributed by atoms with Gasteiger partial charge in [-0.25, -0.2) is 0 Å². The second-order valence-corrected chi connectivity index (χ2v) is 8.24. The van der Waals surface area contributed by atoms with E-state index in [9.17, 15) is 14.4 Å². The fourth-order valence-electron chi connectivity index (χ4n) is 4.28. The van der Waals surface area contributed by atoms with Crippen LogP contribution in [0.5, 0.6) is 0 Å². The number of carbonyl (C=O) groups excluding carboxylic acids is 3. The molecule has 0 atom stereocenters. The van der Waals surface area contributed by atoms with Crippen LogP contribution in [-0.2, 0) is 4.79 Å². The Morgan fingerprint density at radius 1 is 0.906 bits per heavy atom. The number of rotatable bonds is 5. The van der Waals surface area contributed by atoms with Gasteiger partial charge in [-0.2, -0.15) is 0 Å². The Bertz CT molecular complexity index is 958. The van der Waals surface area contributed by atoms with Crippen LogP contribution in [0.1, 0.15) is 53.5 Å². The highest BCUT2D eigenvalue weighted by atomic mass is 16.3. The highest BCUT2D eigenvalue weighted by Gasteiger charge is 2.28. The number of piperidine rings is 1. The van der Waals surface area contributed by atoms with Gasteiger partial charge in [0.25, 0.3) is 11.8 Å². The molecule has 1 aromatic heterocycles. The van der Waals surface area contributed by atoms with Crippen LogP contribution in [0.2, 0.25) is 0 Å². The second kappa shape index (κ2) is 9.89. The number of anilines is 2. The van der Waals surface area contributed by atoms with E-state index in [0.29, 0.717) is 49.6 Å². The number of hydrogen-bond donors (Lipinski definition) is 1. The van der Waals surface area contributed by atoms with Gasteiger partial charge in [0.2, 0.25) is 5.91 Å². The fourth-order valence-corrected chi connectivity index (χ4v) is 4.28. The zero-order valence-electron chi connectivity index (χ0n) is 18.5. The Morgan fingerprint density at radius 3 is 2.28 bits per heavy atom. The molecule has 3 heterocycles. The van der Waals surface area contributed by atoms with E-state index >= 15 is 0 Å². The lowest BCUT2D eigenvalue weighted by molar-refractivity contribution is -0.115. The van der Waals surface area contributed by atoms with Crippen LogP contribution in [0.3, 0.4) is 0 Å². The number of amides is 3. The van der Waals surface area contributed by atoms with Crippen molar-refractivity contribution in [1.29, 1.82) is 0 Å². The highest BCUT2D eigenvalue weighted by molar-refractivity contribution is 6.02. The van der Waals surface area contributed by atoms with E-state index in [1.54, 1.807) is 30.0 Å². The molecule has 0 saturated carbocycles. The van der Waals surface area contributed by atoms with Crippen LogP contribution in [0.15, 0.2) is 41.0 Å². The molecule has 1 N–H and O–H groups in total. The normalized spacial score (nSPS) is 16.7. The van der Waals surface area contributed by atoms with Gasteiger partial charge in [-0.05, 0) is 49.6 Å². The van der Waals surface area contributed by atoms with E-state index in [4.69, 9.17) is 4.42 Å². The molecule has 1 aromatic carbocycles. The molecule has 2 aliphatic rings. The van der Waals surface area contributed by atoms with Crippen molar-refractivity contribution >= 4 is 29.1 Å². The summed E-state index contributed by atoms with van der Waals surface area (Å²) in [5.74, 6) is 0.146. The van der Waals surface area contributed by atoms with Crippen LogP contribution >= 0.6 is 0 Å². The van der Waals surface area contributed by atoms with Crippen molar-refractivity contribution in [3.8, 4) is 0 Å². The first-order valence-corrected chi connectivity index (χ1v) is 11.4. The molecule has 2 aromatic rings. The minimum absolute atomic E-state index is 0.00129. The first kappa shape index (κ1) is 21.9. The lowest BCUT2D eigenvalue weighted by atomic mass is 10.1. The zero-order valence-corrected chi connectivity index (χ0v) is 18.5. The summed E-state index contributed by atoms with van der Waals surface area (Å²) >= 11 is 0. The first-order valence-electron chi connectivity index (χ1n) is 11.4. The summed E-state index contributed by atoms with van der Waals surface area (Å²) < 4.78 is 5.24. The summed E-state index contributed by atoms with van der Waals surface area (Å²) in [5, 5.41) is 2.87. The molecule has 0 unspecified atom stereocenters. The molecule has 32 heavy (non-hydrogen) atoms. The van der Waals surface area contributed by atoms with Crippen molar-refractivity contribution in [2.75, 3.05) is 49.5 Å². The van der Waals surface area contributed by atoms with Gasteiger partial charge in [-0.3, -0.25) is 14.4 Å². The van der Waals surface area contributed by atoms with E-state index in [-0.39, 0.29) is 17.7 Å². The molecule has 2 fully saturated rings. The molecule has 4 rings (SSSR count). The monoisotopic (exact) mass is 438 g/mol. The van der Waals surface area contributed by atoms with E-state index < -0.39 is 0 Å². The number of nitrogens with one attached hydrogen (secondary N) is 1. The van der Waals surface area contributed by atoms with Crippen molar-refractivity contribution in [1.82, 2.24) is 9.80 Å². The topological polar surface area (TPSA) is 86.1 Å². The lowest BCUT2D eigenvalue weighted by Crippen LogP contribution is -2.49. The third-order valence-corrected chi connectivity index (χ3v) is 6.11. The van der Waals surface area contributed by atoms with Crippen LogP contribution < -0.4 is 10.2 Å². The van der Waals surface area contributed by atoms with E-state index in [2.05, 4.69) is 10.2 Å². The summed E-state index contributed by atoms with van der Waals surface area (Å²) in [7, 11) is 0. The molecule has 8 nitrogen and oxygen atoms in total. The SMILES string of the molecule is CCC(=O)Nc1ccc(N2CCN(C(=O)c3ccco3)CC2)c(C(=O)N2CCCCC2)c1. The van der Waals surface area contributed by atoms with Crippen LogP contribution in [0.4, 0.5) is 11.4 Å². The van der Waals surface area contributed by atoms with Gasteiger partial charge in [-0.15, -0.1) is 0 Å². The third-order valence-electron chi connectivity index (χ3n) is 6.11. The molecular weight excluding hydrogens is 408 g/mol.